The van der Waals surface area contributed by atoms with Gasteiger partial charge in [-0.2, -0.15) is 0 Å². The SMILES string of the molecule is C=Cc1c(C)cc2c3nc(c(-c4ccccc4)c4ccc([nH]4)c(-c4ccccc4)c4nc(c(-c5ccccc5)c5ccc([nH]5)c13)C=C4)C2. The Bertz CT molecular complexity index is 2590. The van der Waals surface area contributed by atoms with Crippen LogP contribution in [0.5, 0.6) is 0 Å². The Balaban J connectivity index is 1.52. The van der Waals surface area contributed by atoms with E-state index in [0.717, 1.165) is 95.4 Å². The summed E-state index contributed by atoms with van der Waals surface area (Å²) >= 11 is 0. The molecule has 7 aromatic rings. The second-order valence-electron chi connectivity index (χ2n) is 12.4. The van der Waals surface area contributed by atoms with Gasteiger partial charge in [0.15, 0.2) is 0 Å². The molecule has 0 saturated heterocycles. The van der Waals surface area contributed by atoms with Gasteiger partial charge in [0.2, 0.25) is 0 Å². The molecule has 0 atom stereocenters. The summed E-state index contributed by atoms with van der Waals surface area (Å²) in [5.41, 5.74) is 17.9. The van der Waals surface area contributed by atoms with Gasteiger partial charge in [-0.15, -0.1) is 0 Å². The molecule has 0 spiro atoms. The van der Waals surface area contributed by atoms with Gasteiger partial charge in [0.25, 0.3) is 0 Å². The maximum Gasteiger partial charge on any atom is 0.0768 e. The molecule has 0 aliphatic carbocycles. The van der Waals surface area contributed by atoms with E-state index in [-0.39, 0.29) is 0 Å². The first-order valence-corrected chi connectivity index (χ1v) is 16.3. The maximum absolute atomic E-state index is 5.47. The number of benzene rings is 4. The molecule has 0 fully saturated rings. The lowest BCUT2D eigenvalue weighted by molar-refractivity contribution is 1.19. The van der Waals surface area contributed by atoms with Crippen LogP contribution in [-0.4, -0.2) is 19.9 Å². The molecular formula is C44H32N4. The van der Waals surface area contributed by atoms with Gasteiger partial charge >= 0.3 is 0 Å². The fourth-order valence-corrected chi connectivity index (χ4v) is 7.38. The summed E-state index contributed by atoms with van der Waals surface area (Å²) in [7, 11) is 0. The largest absolute Gasteiger partial charge is 0.354 e. The zero-order chi connectivity index (χ0) is 32.2. The van der Waals surface area contributed by atoms with Crippen molar-refractivity contribution >= 4 is 51.2 Å². The molecule has 48 heavy (non-hydrogen) atoms. The lowest BCUT2D eigenvalue weighted by atomic mass is 9.96. The first kappa shape index (κ1) is 28.0. The first-order valence-electron chi connectivity index (χ1n) is 16.3. The minimum Gasteiger partial charge on any atom is -0.354 e. The smallest absolute Gasteiger partial charge is 0.0768 e. The van der Waals surface area contributed by atoms with Gasteiger partial charge in [-0.05, 0) is 76.7 Å². The van der Waals surface area contributed by atoms with E-state index >= 15 is 0 Å². The van der Waals surface area contributed by atoms with Crippen LogP contribution in [0.2, 0.25) is 0 Å². The van der Waals surface area contributed by atoms with Crippen LogP contribution in [0, 0.1) is 6.92 Å². The van der Waals surface area contributed by atoms with E-state index in [4.69, 9.17) is 9.97 Å². The number of nitrogens with zero attached hydrogens (tertiary/aromatic N) is 2. The average Bonchev–Trinajstić information content (AvgIpc) is 3.95. The Morgan fingerprint density at radius 1 is 0.583 bits per heavy atom. The van der Waals surface area contributed by atoms with Crippen LogP contribution in [0.15, 0.2) is 128 Å². The topological polar surface area (TPSA) is 57.4 Å². The van der Waals surface area contributed by atoms with Crippen molar-refractivity contribution in [2.75, 3.05) is 0 Å². The number of rotatable bonds is 4. The maximum atomic E-state index is 5.47. The van der Waals surface area contributed by atoms with Crippen molar-refractivity contribution < 1.29 is 0 Å². The molecular weight excluding hydrogens is 585 g/mol. The Labute approximate surface area is 278 Å². The third-order valence-electron chi connectivity index (χ3n) is 9.51. The predicted molar refractivity (Wildman–Crippen MR) is 201 cm³/mol. The molecule has 0 amide bonds. The van der Waals surface area contributed by atoms with Gasteiger partial charge in [0, 0.05) is 50.6 Å². The summed E-state index contributed by atoms with van der Waals surface area (Å²) in [6.07, 6.45) is 6.98. The average molecular weight is 617 g/mol. The molecule has 8 bridgehead atoms. The molecule has 0 unspecified atom stereocenters. The van der Waals surface area contributed by atoms with Crippen molar-refractivity contribution in [2.24, 2.45) is 0 Å². The number of nitrogens with one attached hydrogen (secondary N) is 2. The predicted octanol–water partition coefficient (Wildman–Crippen LogP) is 11.2. The van der Waals surface area contributed by atoms with Crippen molar-refractivity contribution in [2.45, 2.75) is 13.3 Å². The van der Waals surface area contributed by atoms with E-state index in [1.165, 1.54) is 11.1 Å². The molecule has 4 heteroatoms. The minimum atomic E-state index is 0.733. The van der Waals surface area contributed by atoms with Crippen LogP contribution >= 0.6 is 0 Å². The molecule has 9 rings (SSSR count). The Morgan fingerprint density at radius 2 is 1.06 bits per heavy atom. The molecule has 4 aromatic carbocycles. The number of hydrogen-bond acceptors (Lipinski definition) is 2. The summed E-state index contributed by atoms with van der Waals surface area (Å²) in [6, 6.07) is 42.6. The highest BCUT2D eigenvalue weighted by Crippen LogP contribution is 2.39. The highest BCUT2D eigenvalue weighted by molar-refractivity contribution is 6.05. The van der Waals surface area contributed by atoms with Crippen molar-refractivity contribution in [3.63, 3.8) is 0 Å². The lowest BCUT2D eigenvalue weighted by Crippen LogP contribution is -1.90. The number of aromatic nitrogens is 4. The summed E-state index contributed by atoms with van der Waals surface area (Å²) in [5.74, 6) is 0. The van der Waals surface area contributed by atoms with E-state index in [1.54, 1.807) is 0 Å². The van der Waals surface area contributed by atoms with Gasteiger partial charge in [-0.25, -0.2) is 4.98 Å². The highest BCUT2D eigenvalue weighted by atomic mass is 14.8. The molecule has 0 saturated carbocycles. The molecule has 4 nitrogen and oxygen atoms in total. The van der Waals surface area contributed by atoms with E-state index in [0.29, 0.717) is 0 Å². The van der Waals surface area contributed by atoms with Gasteiger partial charge in [0.1, 0.15) is 0 Å². The van der Waals surface area contributed by atoms with Crippen molar-refractivity contribution in [1.82, 2.24) is 19.9 Å². The Hall–Kier alpha value is -6.26. The Kier molecular flexibility index (Phi) is 6.54. The molecule has 228 valence electrons. The summed E-state index contributed by atoms with van der Waals surface area (Å²) in [4.78, 5) is 18.5. The number of aryl methyl sites for hydroxylation is 1. The zero-order valence-electron chi connectivity index (χ0n) is 26.6. The third-order valence-corrected chi connectivity index (χ3v) is 9.51. The number of hydrogen-bond donors (Lipinski definition) is 2. The van der Waals surface area contributed by atoms with E-state index in [2.05, 4.69) is 157 Å². The van der Waals surface area contributed by atoms with Crippen LogP contribution in [0.25, 0.3) is 84.6 Å². The third kappa shape index (κ3) is 4.53. The summed E-state index contributed by atoms with van der Waals surface area (Å²) in [6.45, 7) is 6.40. The number of H-pyrrole nitrogens is 2. The van der Waals surface area contributed by atoms with Crippen LogP contribution in [0.1, 0.15) is 33.8 Å². The molecule has 2 aliphatic rings. The van der Waals surface area contributed by atoms with E-state index < -0.39 is 0 Å². The van der Waals surface area contributed by atoms with Crippen molar-refractivity contribution in [1.29, 1.82) is 0 Å². The Morgan fingerprint density at radius 3 is 1.60 bits per heavy atom. The summed E-state index contributed by atoms with van der Waals surface area (Å²) < 4.78 is 0. The molecule has 2 aliphatic heterocycles. The molecule has 5 heterocycles. The van der Waals surface area contributed by atoms with Crippen LogP contribution in [0.3, 0.4) is 0 Å². The fraction of sp³-hybridized carbons (Fsp3) is 0.0455. The van der Waals surface area contributed by atoms with Gasteiger partial charge in [-0.1, -0.05) is 110 Å². The van der Waals surface area contributed by atoms with Gasteiger partial charge < -0.3 is 9.97 Å². The second-order valence-corrected chi connectivity index (χ2v) is 12.4. The van der Waals surface area contributed by atoms with Crippen LogP contribution in [-0.2, 0) is 6.42 Å². The van der Waals surface area contributed by atoms with Crippen LogP contribution in [0.4, 0.5) is 0 Å². The molecule has 3 aromatic heterocycles. The minimum absolute atomic E-state index is 0.733. The normalized spacial score (nSPS) is 12.2. The lowest BCUT2D eigenvalue weighted by Gasteiger charge is -2.07. The monoisotopic (exact) mass is 616 g/mol. The quantitative estimate of drug-likeness (QED) is 0.207. The standard InChI is InChI=1S/C44H32N4/c1-3-32-27(2)25-31-26-39-42(30-17-11-6-12-18-30)37-22-21-35(46-37)40(28-13-7-4-8-14-28)33-19-20-34(45-33)41(29-15-9-5-10-16-29)36-23-24-38(47-36)43(32)44(31)48-39/h3-25,46-47H,1,26H2,2H3. The number of fused-ring (bicyclic) bond motifs is 8. The van der Waals surface area contributed by atoms with Crippen molar-refractivity contribution in [3.05, 3.63) is 162 Å². The highest BCUT2D eigenvalue weighted by Gasteiger charge is 2.21. The van der Waals surface area contributed by atoms with Crippen molar-refractivity contribution in [3.8, 4) is 33.4 Å². The second kappa shape index (κ2) is 11.2. The fourth-order valence-electron chi connectivity index (χ4n) is 7.38. The first-order chi connectivity index (χ1) is 23.7. The van der Waals surface area contributed by atoms with Gasteiger partial charge in [0.05, 0.1) is 22.6 Å². The van der Waals surface area contributed by atoms with Gasteiger partial charge in [-0.3, -0.25) is 4.98 Å². The zero-order valence-corrected chi connectivity index (χ0v) is 26.6. The summed E-state index contributed by atoms with van der Waals surface area (Å²) in [5, 5.41) is 1.08. The van der Waals surface area contributed by atoms with E-state index in [1.807, 2.05) is 6.08 Å². The molecule has 0 radical (unpaired) electrons. The molecule has 2 N–H and O–H groups in total. The number of aromatic amines is 2. The van der Waals surface area contributed by atoms with Crippen LogP contribution < -0.4 is 0 Å². The van der Waals surface area contributed by atoms with E-state index in [9.17, 15) is 0 Å².